The van der Waals surface area contributed by atoms with Crippen LogP contribution in [0.25, 0.3) is 43.1 Å². The molecule has 6 aromatic rings. The monoisotopic (exact) mass is 584 g/mol. The highest BCUT2D eigenvalue weighted by Gasteiger charge is 2.53. The Kier molecular flexibility index (Phi) is 6.80. The lowest BCUT2D eigenvalue weighted by molar-refractivity contribution is -0.0765. The SMILES string of the molecule is CCN(CC)c1c2ccccc2c(C2C(O)C(c3c4c(N)cccc4c(N(C)C)c4cccc(N)c34)C2O)c2ccccc12. The first kappa shape index (κ1) is 28.3. The Balaban J connectivity index is 1.50. The van der Waals surface area contributed by atoms with Crippen molar-refractivity contribution < 1.29 is 10.2 Å². The van der Waals surface area contributed by atoms with Crippen molar-refractivity contribution in [3.63, 3.8) is 0 Å². The summed E-state index contributed by atoms with van der Waals surface area (Å²) in [6.07, 6.45) is -1.71. The third kappa shape index (κ3) is 3.87. The van der Waals surface area contributed by atoms with Crippen LogP contribution in [0.5, 0.6) is 0 Å². The molecule has 1 saturated carbocycles. The van der Waals surface area contributed by atoms with Crippen molar-refractivity contribution in [3.8, 4) is 0 Å². The normalized spacial score (nSPS) is 20.0. The number of hydrogen-bond donors (Lipinski definition) is 4. The number of nitrogens with two attached hydrogens (primary N) is 2. The van der Waals surface area contributed by atoms with E-state index < -0.39 is 24.0 Å². The van der Waals surface area contributed by atoms with E-state index in [1.165, 1.54) is 5.69 Å². The van der Waals surface area contributed by atoms with Gasteiger partial charge < -0.3 is 31.5 Å². The third-order valence-electron chi connectivity index (χ3n) is 9.85. The molecule has 6 aromatic carbocycles. The van der Waals surface area contributed by atoms with Gasteiger partial charge in [-0.05, 0) is 47.9 Å². The van der Waals surface area contributed by atoms with Gasteiger partial charge in [0.15, 0.2) is 0 Å². The Hall–Kier alpha value is -4.52. The molecule has 0 bridgehead atoms. The second-order valence-electron chi connectivity index (χ2n) is 12.3. The Morgan fingerprint density at radius 3 is 1.39 bits per heavy atom. The van der Waals surface area contributed by atoms with Gasteiger partial charge in [0.2, 0.25) is 0 Å². The van der Waals surface area contributed by atoms with Crippen molar-refractivity contribution in [2.45, 2.75) is 37.9 Å². The topological polar surface area (TPSA) is 99.0 Å². The van der Waals surface area contributed by atoms with Crippen LogP contribution in [0.4, 0.5) is 22.7 Å². The lowest BCUT2D eigenvalue weighted by atomic mass is 9.60. The minimum Gasteiger partial charge on any atom is -0.398 e. The zero-order valence-corrected chi connectivity index (χ0v) is 25.8. The molecule has 1 fully saturated rings. The van der Waals surface area contributed by atoms with Gasteiger partial charge in [-0.15, -0.1) is 0 Å². The molecule has 1 aliphatic carbocycles. The Bertz CT molecular complexity index is 1940. The fourth-order valence-electron chi connectivity index (χ4n) is 7.99. The van der Waals surface area contributed by atoms with E-state index in [-0.39, 0.29) is 0 Å². The van der Waals surface area contributed by atoms with Gasteiger partial charge in [0.1, 0.15) is 0 Å². The molecule has 0 heterocycles. The maximum absolute atomic E-state index is 12.3. The van der Waals surface area contributed by atoms with Crippen molar-refractivity contribution >= 4 is 65.8 Å². The molecule has 44 heavy (non-hydrogen) atoms. The first-order valence-corrected chi connectivity index (χ1v) is 15.5. The van der Waals surface area contributed by atoms with Gasteiger partial charge in [-0.1, -0.05) is 72.8 Å². The molecule has 2 atom stereocenters. The number of hydrogen-bond acceptors (Lipinski definition) is 6. The van der Waals surface area contributed by atoms with Crippen LogP contribution >= 0.6 is 0 Å². The van der Waals surface area contributed by atoms with Gasteiger partial charge in [0, 0.05) is 82.7 Å². The second-order valence-corrected chi connectivity index (χ2v) is 12.3. The van der Waals surface area contributed by atoms with E-state index in [0.717, 1.165) is 73.0 Å². The van der Waals surface area contributed by atoms with Gasteiger partial charge in [-0.25, -0.2) is 0 Å². The van der Waals surface area contributed by atoms with Crippen LogP contribution in [0.15, 0.2) is 84.9 Å². The predicted molar refractivity (Wildman–Crippen MR) is 187 cm³/mol. The van der Waals surface area contributed by atoms with Crippen LogP contribution in [-0.4, -0.2) is 49.6 Å². The number of fused-ring (bicyclic) bond motifs is 4. The molecule has 0 saturated heterocycles. The highest BCUT2D eigenvalue weighted by Crippen LogP contribution is 2.57. The van der Waals surface area contributed by atoms with E-state index >= 15 is 0 Å². The van der Waals surface area contributed by atoms with Crippen LogP contribution in [0.1, 0.15) is 36.8 Å². The van der Waals surface area contributed by atoms with E-state index in [2.05, 4.69) is 72.2 Å². The molecule has 0 aliphatic heterocycles. The van der Waals surface area contributed by atoms with Crippen LogP contribution in [-0.2, 0) is 0 Å². The summed E-state index contributed by atoms with van der Waals surface area (Å²) in [5, 5.41) is 32.5. The minimum absolute atomic E-state index is 0.492. The molecular formula is C38H40N4O2. The smallest absolute Gasteiger partial charge is 0.0728 e. The van der Waals surface area contributed by atoms with Gasteiger partial charge in [-0.2, -0.15) is 0 Å². The van der Waals surface area contributed by atoms with Crippen molar-refractivity contribution in [3.05, 3.63) is 96.1 Å². The summed E-state index contributed by atoms with van der Waals surface area (Å²) in [7, 11) is 4.03. The van der Waals surface area contributed by atoms with Gasteiger partial charge >= 0.3 is 0 Å². The van der Waals surface area contributed by atoms with Gasteiger partial charge in [-0.3, -0.25) is 0 Å². The summed E-state index contributed by atoms with van der Waals surface area (Å²) in [6.45, 7) is 6.12. The van der Waals surface area contributed by atoms with Crippen molar-refractivity contribution in [2.75, 3.05) is 48.5 Å². The average Bonchev–Trinajstić information content (AvgIpc) is 3.02. The van der Waals surface area contributed by atoms with Gasteiger partial charge in [0.05, 0.1) is 23.6 Å². The fraction of sp³-hybridized carbons (Fsp3) is 0.263. The molecule has 6 N–H and O–H groups in total. The standard InChI is InChI=1S/C38H40N4O2/c1-5-42(6-2)36-23-15-9-7-13-21(23)29(22-14-8-10-16-24(22)36)33-37(43)34(38(33)44)32-30-25(17-11-19-27(30)39)35(41(3)4)26-18-12-20-28(40)31(26)32/h7-20,33-34,37-38,43-44H,5-6,39-40H2,1-4H3. The molecule has 6 heteroatoms. The molecule has 0 spiro atoms. The fourth-order valence-corrected chi connectivity index (χ4v) is 7.99. The lowest BCUT2D eigenvalue weighted by Gasteiger charge is -2.49. The number of benzene rings is 6. The van der Waals surface area contributed by atoms with Crippen molar-refractivity contribution in [1.29, 1.82) is 0 Å². The number of nitrogens with zero attached hydrogens (tertiary/aromatic N) is 2. The van der Waals surface area contributed by atoms with Crippen molar-refractivity contribution in [1.82, 2.24) is 0 Å². The molecule has 6 nitrogen and oxygen atoms in total. The van der Waals surface area contributed by atoms with Crippen LogP contribution in [0.3, 0.4) is 0 Å². The number of aliphatic hydroxyl groups excluding tert-OH is 2. The summed E-state index contributed by atoms with van der Waals surface area (Å²) in [4.78, 5) is 4.47. The maximum atomic E-state index is 12.3. The predicted octanol–water partition coefficient (Wildman–Crippen LogP) is 6.98. The Labute approximate surface area is 258 Å². The van der Waals surface area contributed by atoms with E-state index in [9.17, 15) is 10.2 Å². The van der Waals surface area contributed by atoms with Crippen molar-refractivity contribution in [2.24, 2.45) is 0 Å². The molecule has 1 aliphatic rings. The van der Waals surface area contributed by atoms with E-state index in [4.69, 9.17) is 11.5 Å². The summed E-state index contributed by atoms with van der Waals surface area (Å²) < 4.78 is 0. The molecule has 7 rings (SSSR count). The summed E-state index contributed by atoms with van der Waals surface area (Å²) in [6, 6.07) is 28.6. The average molecular weight is 585 g/mol. The largest absolute Gasteiger partial charge is 0.398 e. The lowest BCUT2D eigenvalue weighted by Crippen LogP contribution is -2.52. The zero-order chi connectivity index (χ0) is 30.9. The quantitative estimate of drug-likeness (QED) is 0.125. The molecule has 0 radical (unpaired) electrons. The summed E-state index contributed by atoms with van der Waals surface area (Å²) >= 11 is 0. The van der Waals surface area contributed by atoms with E-state index in [1.54, 1.807) is 0 Å². The highest BCUT2D eigenvalue weighted by molar-refractivity contribution is 6.20. The highest BCUT2D eigenvalue weighted by atomic mass is 16.3. The number of anilines is 4. The number of rotatable bonds is 6. The molecule has 0 amide bonds. The third-order valence-corrected chi connectivity index (χ3v) is 9.85. The summed E-state index contributed by atoms with van der Waals surface area (Å²) in [5.74, 6) is -1.07. The van der Waals surface area contributed by atoms with Crippen LogP contribution in [0, 0.1) is 0 Å². The minimum atomic E-state index is -0.855. The molecule has 0 aromatic heterocycles. The molecule has 224 valence electrons. The van der Waals surface area contributed by atoms with Crippen LogP contribution < -0.4 is 21.3 Å². The first-order chi connectivity index (χ1) is 21.3. The van der Waals surface area contributed by atoms with Crippen LogP contribution in [0.2, 0.25) is 0 Å². The van der Waals surface area contributed by atoms with E-state index in [0.29, 0.717) is 11.4 Å². The summed E-state index contributed by atoms with van der Waals surface area (Å²) in [5.41, 5.74) is 18.7. The first-order valence-electron chi connectivity index (χ1n) is 15.5. The second kappa shape index (κ2) is 10.6. The van der Waals surface area contributed by atoms with Gasteiger partial charge in [0.25, 0.3) is 0 Å². The number of nitrogen functional groups attached to an aromatic ring is 2. The zero-order valence-electron chi connectivity index (χ0n) is 25.8. The Morgan fingerprint density at radius 1 is 0.545 bits per heavy atom. The molecular weight excluding hydrogens is 544 g/mol. The van der Waals surface area contributed by atoms with E-state index in [1.807, 2.05) is 50.5 Å². The Morgan fingerprint density at radius 2 is 0.955 bits per heavy atom. The molecule has 2 unspecified atom stereocenters. The number of aliphatic hydroxyl groups is 2. The maximum Gasteiger partial charge on any atom is 0.0728 e.